The first-order valence-corrected chi connectivity index (χ1v) is 6.26. The van der Waals surface area contributed by atoms with E-state index < -0.39 is 0 Å². The van der Waals surface area contributed by atoms with Crippen molar-refractivity contribution in [3.8, 4) is 17.2 Å². The molecule has 0 spiro atoms. The zero-order chi connectivity index (χ0) is 14.0. The first kappa shape index (κ1) is 13.6. The molecule has 0 saturated heterocycles. The summed E-state index contributed by atoms with van der Waals surface area (Å²) in [7, 11) is 1.59. The first-order chi connectivity index (χ1) is 8.99. The molecule has 0 saturated carbocycles. The van der Waals surface area contributed by atoms with Gasteiger partial charge < -0.3 is 15.2 Å². The fourth-order valence-electron chi connectivity index (χ4n) is 1.95. The van der Waals surface area contributed by atoms with Crippen LogP contribution < -0.4 is 15.2 Å². The van der Waals surface area contributed by atoms with E-state index in [0.29, 0.717) is 22.2 Å². The zero-order valence-electron chi connectivity index (χ0n) is 11.2. The molecule has 0 aliphatic carbocycles. The normalized spacial score (nSPS) is 10.3. The Morgan fingerprint density at radius 2 is 1.53 bits per heavy atom. The van der Waals surface area contributed by atoms with Gasteiger partial charge in [-0.05, 0) is 37.1 Å². The molecule has 0 unspecified atom stereocenters. The standard InChI is InChI=1S/C15H16ClNO2/c1-9-4-11(16)5-10(2)15(9)19-14-7-12(17)6-13(8-14)18-3/h4-8H,17H2,1-3H3. The van der Waals surface area contributed by atoms with E-state index >= 15 is 0 Å². The van der Waals surface area contributed by atoms with Crippen molar-refractivity contribution in [3.63, 3.8) is 0 Å². The Balaban J connectivity index is 2.39. The first-order valence-electron chi connectivity index (χ1n) is 5.89. The van der Waals surface area contributed by atoms with E-state index in [1.807, 2.05) is 26.0 Å². The van der Waals surface area contributed by atoms with Crippen LogP contribution in [0.5, 0.6) is 17.2 Å². The molecule has 0 amide bonds. The Bertz CT molecular complexity index is 588. The predicted octanol–water partition coefficient (Wildman–Crippen LogP) is 4.34. The minimum Gasteiger partial charge on any atom is -0.497 e. The topological polar surface area (TPSA) is 44.5 Å². The summed E-state index contributed by atoms with van der Waals surface area (Å²) in [6.07, 6.45) is 0. The van der Waals surface area contributed by atoms with Crippen LogP contribution in [0.1, 0.15) is 11.1 Å². The molecule has 0 atom stereocenters. The van der Waals surface area contributed by atoms with Crippen molar-refractivity contribution < 1.29 is 9.47 Å². The summed E-state index contributed by atoms with van der Waals surface area (Å²) in [6.45, 7) is 3.91. The Morgan fingerprint density at radius 3 is 2.11 bits per heavy atom. The van der Waals surface area contributed by atoms with Crippen molar-refractivity contribution in [2.75, 3.05) is 12.8 Å². The smallest absolute Gasteiger partial charge is 0.133 e. The minimum atomic E-state index is 0.596. The number of rotatable bonds is 3. The van der Waals surface area contributed by atoms with Gasteiger partial charge in [0.25, 0.3) is 0 Å². The van der Waals surface area contributed by atoms with Gasteiger partial charge in [0.2, 0.25) is 0 Å². The van der Waals surface area contributed by atoms with Crippen molar-refractivity contribution in [2.24, 2.45) is 0 Å². The number of methoxy groups -OCH3 is 1. The highest BCUT2D eigenvalue weighted by Crippen LogP contribution is 2.33. The molecular weight excluding hydrogens is 262 g/mol. The van der Waals surface area contributed by atoms with Gasteiger partial charge in [0, 0.05) is 28.9 Å². The lowest BCUT2D eigenvalue weighted by molar-refractivity contribution is 0.409. The molecule has 0 radical (unpaired) electrons. The molecule has 0 aromatic heterocycles. The largest absolute Gasteiger partial charge is 0.497 e. The van der Waals surface area contributed by atoms with Gasteiger partial charge >= 0.3 is 0 Å². The van der Waals surface area contributed by atoms with E-state index in [4.69, 9.17) is 26.8 Å². The highest BCUT2D eigenvalue weighted by atomic mass is 35.5. The van der Waals surface area contributed by atoms with Crippen molar-refractivity contribution in [1.29, 1.82) is 0 Å². The molecule has 2 aromatic carbocycles. The van der Waals surface area contributed by atoms with Crippen LogP contribution in [-0.4, -0.2) is 7.11 Å². The Morgan fingerprint density at radius 1 is 0.947 bits per heavy atom. The molecule has 0 fully saturated rings. The number of hydrogen-bond acceptors (Lipinski definition) is 3. The van der Waals surface area contributed by atoms with E-state index in [1.165, 1.54) is 0 Å². The number of anilines is 1. The molecule has 3 nitrogen and oxygen atoms in total. The van der Waals surface area contributed by atoms with Gasteiger partial charge in [-0.3, -0.25) is 0 Å². The van der Waals surface area contributed by atoms with Crippen LogP contribution in [0.2, 0.25) is 5.02 Å². The maximum Gasteiger partial charge on any atom is 0.133 e. The number of hydrogen-bond donors (Lipinski definition) is 1. The van der Waals surface area contributed by atoms with Gasteiger partial charge in [-0.25, -0.2) is 0 Å². The number of nitrogen functional groups attached to an aromatic ring is 1. The molecule has 2 rings (SSSR count). The van der Waals surface area contributed by atoms with Crippen LogP contribution in [0.3, 0.4) is 0 Å². The van der Waals surface area contributed by atoms with Crippen LogP contribution in [0.15, 0.2) is 30.3 Å². The van der Waals surface area contributed by atoms with Crippen LogP contribution in [0.4, 0.5) is 5.69 Å². The highest BCUT2D eigenvalue weighted by molar-refractivity contribution is 6.30. The van der Waals surface area contributed by atoms with Crippen LogP contribution in [-0.2, 0) is 0 Å². The number of ether oxygens (including phenoxy) is 2. The van der Waals surface area contributed by atoms with E-state index in [1.54, 1.807) is 25.3 Å². The fraction of sp³-hybridized carbons (Fsp3) is 0.200. The molecule has 4 heteroatoms. The average Bonchev–Trinajstić information content (AvgIpc) is 2.33. The second kappa shape index (κ2) is 5.41. The summed E-state index contributed by atoms with van der Waals surface area (Å²) in [6, 6.07) is 9.04. The summed E-state index contributed by atoms with van der Waals surface area (Å²) in [4.78, 5) is 0. The van der Waals surface area contributed by atoms with Crippen molar-refractivity contribution in [1.82, 2.24) is 0 Å². The minimum absolute atomic E-state index is 0.596. The van der Waals surface area contributed by atoms with Gasteiger partial charge in [-0.15, -0.1) is 0 Å². The van der Waals surface area contributed by atoms with E-state index in [0.717, 1.165) is 16.9 Å². The highest BCUT2D eigenvalue weighted by Gasteiger charge is 2.08. The van der Waals surface area contributed by atoms with Crippen molar-refractivity contribution in [3.05, 3.63) is 46.5 Å². The van der Waals surface area contributed by atoms with Gasteiger partial charge in [-0.1, -0.05) is 11.6 Å². The Hall–Kier alpha value is -1.87. The fourth-order valence-corrected chi connectivity index (χ4v) is 2.27. The maximum atomic E-state index is 6.00. The van der Waals surface area contributed by atoms with E-state index in [9.17, 15) is 0 Å². The number of nitrogens with two attached hydrogens (primary N) is 1. The second-order valence-corrected chi connectivity index (χ2v) is 4.85. The lowest BCUT2D eigenvalue weighted by Crippen LogP contribution is -1.94. The maximum absolute atomic E-state index is 6.00. The van der Waals surface area contributed by atoms with Gasteiger partial charge in [0.1, 0.15) is 17.2 Å². The summed E-state index contributed by atoms with van der Waals surface area (Å²) < 4.78 is 11.1. The van der Waals surface area contributed by atoms with Crippen molar-refractivity contribution in [2.45, 2.75) is 13.8 Å². The number of halogens is 1. The van der Waals surface area contributed by atoms with E-state index in [2.05, 4.69) is 0 Å². The van der Waals surface area contributed by atoms with Crippen LogP contribution in [0.25, 0.3) is 0 Å². The monoisotopic (exact) mass is 277 g/mol. The summed E-state index contributed by atoms with van der Waals surface area (Å²) in [5, 5.41) is 0.701. The van der Waals surface area contributed by atoms with Crippen LogP contribution in [0, 0.1) is 13.8 Å². The Kier molecular flexibility index (Phi) is 3.86. The van der Waals surface area contributed by atoms with Crippen molar-refractivity contribution >= 4 is 17.3 Å². The number of aryl methyl sites for hydroxylation is 2. The summed E-state index contributed by atoms with van der Waals surface area (Å²) >= 11 is 6.00. The van der Waals surface area contributed by atoms with Gasteiger partial charge in [-0.2, -0.15) is 0 Å². The average molecular weight is 278 g/mol. The zero-order valence-corrected chi connectivity index (χ0v) is 11.9. The third kappa shape index (κ3) is 3.12. The molecule has 0 heterocycles. The molecule has 2 N–H and O–H groups in total. The van der Waals surface area contributed by atoms with Crippen LogP contribution >= 0.6 is 11.6 Å². The lowest BCUT2D eigenvalue weighted by atomic mass is 10.1. The molecule has 0 bridgehead atoms. The third-order valence-corrected chi connectivity index (χ3v) is 3.00. The molecule has 100 valence electrons. The molecule has 19 heavy (non-hydrogen) atoms. The molecule has 0 aliphatic rings. The lowest BCUT2D eigenvalue weighted by Gasteiger charge is -2.13. The quantitative estimate of drug-likeness (QED) is 0.849. The molecule has 2 aromatic rings. The van der Waals surface area contributed by atoms with E-state index in [-0.39, 0.29) is 0 Å². The van der Waals surface area contributed by atoms with Gasteiger partial charge in [0.05, 0.1) is 7.11 Å². The van der Waals surface area contributed by atoms with Gasteiger partial charge in [0.15, 0.2) is 0 Å². The second-order valence-electron chi connectivity index (χ2n) is 4.41. The Labute approximate surface area is 117 Å². The SMILES string of the molecule is COc1cc(N)cc(Oc2c(C)cc(Cl)cc2C)c1. The molecular formula is C15H16ClNO2. The predicted molar refractivity (Wildman–Crippen MR) is 78.4 cm³/mol. The molecule has 0 aliphatic heterocycles. The summed E-state index contributed by atoms with van der Waals surface area (Å²) in [5.74, 6) is 2.10. The summed E-state index contributed by atoms with van der Waals surface area (Å²) in [5.41, 5.74) is 8.36. The number of benzene rings is 2. The third-order valence-electron chi connectivity index (χ3n) is 2.78.